The maximum atomic E-state index is 12.5. The van der Waals surface area contributed by atoms with Crippen molar-refractivity contribution in [1.29, 1.82) is 0 Å². The van der Waals surface area contributed by atoms with Crippen LogP contribution in [0, 0.1) is 5.92 Å². The molecular formula is C25H24N2O5. The second-order valence-corrected chi connectivity index (χ2v) is 8.16. The SMILES string of the molecule is O=C(c1ccco1)N1CCC(COc2coc(Cn3cc4ccccc4c3)cc2=O)CC1. The molecule has 164 valence electrons. The van der Waals surface area contributed by atoms with Crippen molar-refractivity contribution in [3.63, 3.8) is 0 Å². The van der Waals surface area contributed by atoms with Crippen molar-refractivity contribution in [3.05, 3.63) is 89.1 Å². The van der Waals surface area contributed by atoms with Crippen molar-refractivity contribution in [2.75, 3.05) is 19.7 Å². The number of rotatable bonds is 6. The van der Waals surface area contributed by atoms with Crippen molar-refractivity contribution in [2.24, 2.45) is 5.92 Å². The third-order valence-corrected chi connectivity index (χ3v) is 5.90. The number of fused-ring (bicyclic) bond motifs is 1. The number of furan rings is 1. The highest BCUT2D eigenvalue weighted by atomic mass is 16.5. The van der Waals surface area contributed by atoms with E-state index in [4.69, 9.17) is 13.6 Å². The second kappa shape index (κ2) is 8.78. The van der Waals surface area contributed by atoms with Crippen LogP contribution in [0.3, 0.4) is 0 Å². The summed E-state index contributed by atoms with van der Waals surface area (Å²) in [5.74, 6) is 1.36. The summed E-state index contributed by atoms with van der Waals surface area (Å²) in [4.78, 5) is 26.6. The molecule has 0 aliphatic carbocycles. The number of aromatic nitrogens is 1. The molecule has 7 nitrogen and oxygen atoms in total. The topological polar surface area (TPSA) is 77.8 Å². The molecule has 0 unspecified atom stereocenters. The van der Waals surface area contributed by atoms with E-state index in [1.54, 1.807) is 17.0 Å². The Morgan fingerprint density at radius 2 is 1.78 bits per heavy atom. The number of carbonyl (C=O) groups is 1. The molecule has 0 N–H and O–H groups in total. The van der Waals surface area contributed by atoms with Crippen molar-refractivity contribution >= 4 is 16.7 Å². The number of ether oxygens (including phenoxy) is 1. The Labute approximate surface area is 184 Å². The van der Waals surface area contributed by atoms with Gasteiger partial charge < -0.3 is 23.0 Å². The highest BCUT2D eigenvalue weighted by Crippen LogP contribution is 2.21. The van der Waals surface area contributed by atoms with E-state index in [9.17, 15) is 9.59 Å². The number of amides is 1. The smallest absolute Gasteiger partial charge is 0.289 e. The molecule has 0 radical (unpaired) electrons. The summed E-state index contributed by atoms with van der Waals surface area (Å²) in [5.41, 5.74) is -0.187. The van der Waals surface area contributed by atoms with Crippen LogP contribution in [-0.2, 0) is 6.54 Å². The van der Waals surface area contributed by atoms with E-state index in [1.807, 2.05) is 29.1 Å². The first kappa shape index (κ1) is 20.2. The van der Waals surface area contributed by atoms with Gasteiger partial charge in [-0.1, -0.05) is 24.3 Å². The van der Waals surface area contributed by atoms with Crippen molar-refractivity contribution in [2.45, 2.75) is 19.4 Å². The summed E-state index contributed by atoms with van der Waals surface area (Å²) in [5, 5.41) is 2.29. The number of likely N-dealkylation sites (tertiary alicyclic amines) is 1. The highest BCUT2D eigenvalue weighted by molar-refractivity contribution is 5.91. The van der Waals surface area contributed by atoms with Gasteiger partial charge in [-0.2, -0.15) is 0 Å². The Kier molecular flexibility index (Phi) is 5.54. The first-order valence-electron chi connectivity index (χ1n) is 10.8. The molecule has 3 aromatic heterocycles. The Hall–Kier alpha value is -3.74. The van der Waals surface area contributed by atoms with Crippen LogP contribution in [0.5, 0.6) is 5.75 Å². The Balaban J connectivity index is 1.14. The summed E-state index contributed by atoms with van der Waals surface area (Å²) < 4.78 is 18.6. The van der Waals surface area contributed by atoms with Gasteiger partial charge in [-0.25, -0.2) is 0 Å². The summed E-state index contributed by atoms with van der Waals surface area (Å²) in [6.45, 7) is 2.20. The molecule has 0 atom stereocenters. The molecule has 1 aromatic carbocycles. The quantitative estimate of drug-likeness (QED) is 0.457. The van der Waals surface area contributed by atoms with Crippen molar-refractivity contribution < 1.29 is 18.4 Å². The molecule has 5 rings (SSSR count). The van der Waals surface area contributed by atoms with Gasteiger partial charge in [-0.15, -0.1) is 0 Å². The molecule has 1 aliphatic heterocycles. The van der Waals surface area contributed by atoms with Gasteiger partial charge in [0.15, 0.2) is 5.76 Å². The molecule has 0 spiro atoms. The number of hydrogen-bond donors (Lipinski definition) is 0. The summed E-state index contributed by atoms with van der Waals surface area (Å²) >= 11 is 0. The maximum Gasteiger partial charge on any atom is 0.289 e. The monoisotopic (exact) mass is 432 g/mol. The largest absolute Gasteiger partial charge is 0.486 e. The van der Waals surface area contributed by atoms with Gasteiger partial charge in [0.1, 0.15) is 12.0 Å². The van der Waals surface area contributed by atoms with Crippen molar-refractivity contribution in [3.8, 4) is 5.75 Å². The van der Waals surface area contributed by atoms with Gasteiger partial charge in [-0.05, 0) is 41.7 Å². The van der Waals surface area contributed by atoms with E-state index < -0.39 is 0 Å². The molecule has 32 heavy (non-hydrogen) atoms. The molecule has 4 heterocycles. The highest BCUT2D eigenvalue weighted by Gasteiger charge is 2.25. The van der Waals surface area contributed by atoms with Crippen LogP contribution in [0.15, 0.2) is 81.0 Å². The van der Waals surface area contributed by atoms with Crippen LogP contribution in [-0.4, -0.2) is 35.1 Å². The van der Waals surface area contributed by atoms with E-state index in [0.717, 1.165) is 23.6 Å². The second-order valence-electron chi connectivity index (χ2n) is 8.16. The summed E-state index contributed by atoms with van der Waals surface area (Å²) in [6, 6.07) is 13.0. The first-order valence-corrected chi connectivity index (χ1v) is 10.8. The predicted octanol–water partition coefficient (Wildman–Crippen LogP) is 4.17. The molecule has 7 heteroatoms. The minimum Gasteiger partial charge on any atom is -0.486 e. The first-order chi connectivity index (χ1) is 15.7. The fourth-order valence-electron chi connectivity index (χ4n) is 4.10. The van der Waals surface area contributed by atoms with Crippen molar-refractivity contribution in [1.82, 2.24) is 9.47 Å². The summed E-state index contributed by atoms with van der Waals surface area (Å²) in [6.07, 6.45) is 8.60. The molecule has 1 fully saturated rings. The molecule has 1 saturated heterocycles. The van der Waals surface area contributed by atoms with E-state index >= 15 is 0 Å². The average Bonchev–Trinajstić information content (AvgIpc) is 3.48. The van der Waals surface area contributed by atoms with E-state index in [0.29, 0.717) is 37.8 Å². The van der Waals surface area contributed by atoms with Crippen LogP contribution in [0.2, 0.25) is 0 Å². The lowest BCUT2D eigenvalue weighted by Crippen LogP contribution is -2.39. The van der Waals surface area contributed by atoms with E-state index in [2.05, 4.69) is 12.1 Å². The Bertz CT molecular complexity index is 1230. The van der Waals surface area contributed by atoms with Crippen LogP contribution in [0.25, 0.3) is 10.8 Å². The number of benzene rings is 1. The lowest BCUT2D eigenvalue weighted by Gasteiger charge is -2.31. The molecule has 1 aliphatic rings. The molecule has 0 saturated carbocycles. The maximum absolute atomic E-state index is 12.5. The number of nitrogens with zero attached hydrogens (tertiary/aromatic N) is 2. The zero-order valence-corrected chi connectivity index (χ0v) is 17.6. The number of hydrogen-bond acceptors (Lipinski definition) is 5. The predicted molar refractivity (Wildman–Crippen MR) is 119 cm³/mol. The van der Waals surface area contributed by atoms with Gasteiger partial charge >= 0.3 is 0 Å². The lowest BCUT2D eigenvalue weighted by molar-refractivity contribution is 0.0629. The zero-order valence-electron chi connectivity index (χ0n) is 17.6. The van der Waals surface area contributed by atoms with Gasteiger partial charge in [0, 0.05) is 31.5 Å². The van der Waals surface area contributed by atoms with Gasteiger partial charge in [0.2, 0.25) is 11.2 Å². The van der Waals surface area contributed by atoms with Gasteiger partial charge in [0.25, 0.3) is 5.91 Å². The third-order valence-electron chi connectivity index (χ3n) is 5.90. The number of piperidine rings is 1. The lowest BCUT2D eigenvalue weighted by atomic mass is 9.97. The Morgan fingerprint density at radius 1 is 1.03 bits per heavy atom. The van der Waals surface area contributed by atoms with Crippen LogP contribution in [0.4, 0.5) is 0 Å². The summed E-state index contributed by atoms with van der Waals surface area (Å²) in [7, 11) is 0. The minimum atomic E-state index is -0.187. The molecule has 4 aromatic rings. The van der Waals surface area contributed by atoms with Crippen LogP contribution in [0.1, 0.15) is 29.2 Å². The molecular weight excluding hydrogens is 408 g/mol. The normalized spacial score (nSPS) is 14.7. The van der Waals surface area contributed by atoms with Gasteiger partial charge in [0.05, 0.1) is 19.4 Å². The zero-order chi connectivity index (χ0) is 21.9. The Morgan fingerprint density at radius 3 is 2.44 bits per heavy atom. The number of carbonyl (C=O) groups excluding carboxylic acids is 1. The van der Waals surface area contributed by atoms with Crippen LogP contribution < -0.4 is 10.2 Å². The molecule has 1 amide bonds. The fraction of sp³-hybridized carbons (Fsp3) is 0.280. The average molecular weight is 432 g/mol. The fourth-order valence-corrected chi connectivity index (χ4v) is 4.10. The van der Waals surface area contributed by atoms with Crippen LogP contribution >= 0.6 is 0 Å². The standard InChI is InChI=1S/C25H24N2O5/c28-22-12-21(15-26-13-19-4-1-2-5-20(19)14-26)31-17-24(22)32-16-18-7-9-27(10-8-18)25(29)23-6-3-11-30-23/h1-6,11-14,17-18H,7-10,15-16H2. The third kappa shape index (κ3) is 4.32. The minimum absolute atomic E-state index is 0.0822. The van der Waals surface area contributed by atoms with E-state index in [-0.39, 0.29) is 23.0 Å². The molecule has 0 bridgehead atoms. The van der Waals surface area contributed by atoms with Gasteiger partial charge in [-0.3, -0.25) is 9.59 Å². The van der Waals surface area contributed by atoms with E-state index in [1.165, 1.54) is 18.6 Å².